The molecule has 0 radical (unpaired) electrons. The van der Waals surface area contributed by atoms with Gasteiger partial charge in [-0.3, -0.25) is 4.79 Å². The van der Waals surface area contributed by atoms with Crippen LogP contribution in [-0.2, 0) is 10.2 Å². The second kappa shape index (κ2) is 5.15. The molecule has 5 nitrogen and oxygen atoms in total. The van der Waals surface area contributed by atoms with Gasteiger partial charge in [-0.05, 0) is 25.0 Å². The lowest BCUT2D eigenvalue weighted by Gasteiger charge is -2.25. The number of rotatable bonds is 3. The second-order valence-corrected chi connectivity index (χ2v) is 6.11. The molecular formula is C14H21N3O2. The monoisotopic (exact) mass is 263 g/mol. The van der Waals surface area contributed by atoms with Crippen molar-refractivity contribution in [3.05, 3.63) is 17.8 Å². The van der Waals surface area contributed by atoms with Crippen molar-refractivity contribution in [1.29, 1.82) is 0 Å². The Bertz CT molecular complexity index is 451. The van der Waals surface area contributed by atoms with Gasteiger partial charge in [0.25, 0.3) is 0 Å². The molecule has 0 amide bonds. The standard InChI is InChI=1S/C14H21N3O2/c1-14(2,3)11-6-7-12(16-15-11)17-8-4-5-10(17)9-13(18)19/h6-7,10H,4-5,8-9H2,1-3H3,(H,18,19). The van der Waals surface area contributed by atoms with E-state index >= 15 is 0 Å². The van der Waals surface area contributed by atoms with Crippen LogP contribution in [0.25, 0.3) is 0 Å². The van der Waals surface area contributed by atoms with Gasteiger partial charge in [0, 0.05) is 18.0 Å². The number of nitrogens with zero attached hydrogens (tertiary/aromatic N) is 3. The SMILES string of the molecule is CC(C)(C)c1ccc(N2CCCC2CC(=O)O)nn1. The normalized spacial score (nSPS) is 19.7. The quantitative estimate of drug-likeness (QED) is 0.905. The molecule has 0 aromatic carbocycles. The molecule has 1 saturated heterocycles. The van der Waals surface area contributed by atoms with Gasteiger partial charge < -0.3 is 10.0 Å². The summed E-state index contributed by atoms with van der Waals surface area (Å²) in [6, 6.07) is 3.99. The van der Waals surface area contributed by atoms with E-state index < -0.39 is 5.97 Å². The Morgan fingerprint density at radius 3 is 2.68 bits per heavy atom. The third kappa shape index (κ3) is 3.22. The summed E-state index contributed by atoms with van der Waals surface area (Å²) in [6.45, 7) is 7.15. The van der Waals surface area contributed by atoms with Crippen LogP contribution in [-0.4, -0.2) is 33.9 Å². The van der Waals surface area contributed by atoms with Crippen LogP contribution in [0.2, 0.25) is 0 Å². The Balaban J connectivity index is 2.15. The van der Waals surface area contributed by atoms with E-state index in [0.29, 0.717) is 0 Å². The van der Waals surface area contributed by atoms with Crippen LogP contribution < -0.4 is 4.90 Å². The summed E-state index contributed by atoms with van der Waals surface area (Å²) in [4.78, 5) is 12.9. The van der Waals surface area contributed by atoms with Crippen molar-refractivity contribution in [3.63, 3.8) is 0 Å². The Hall–Kier alpha value is -1.65. The fourth-order valence-corrected chi connectivity index (χ4v) is 2.43. The molecule has 1 aromatic heterocycles. The predicted octanol–water partition coefficient (Wildman–Crippen LogP) is 2.22. The van der Waals surface area contributed by atoms with Crippen LogP contribution in [0.1, 0.15) is 45.7 Å². The first-order valence-corrected chi connectivity index (χ1v) is 6.70. The molecule has 0 saturated carbocycles. The molecule has 1 aliphatic rings. The Morgan fingerprint density at radius 2 is 2.16 bits per heavy atom. The zero-order chi connectivity index (χ0) is 14.0. The maximum atomic E-state index is 10.9. The minimum atomic E-state index is -0.754. The molecule has 1 atom stereocenters. The lowest BCUT2D eigenvalue weighted by molar-refractivity contribution is -0.137. The average Bonchev–Trinajstić information content (AvgIpc) is 2.75. The highest BCUT2D eigenvalue weighted by Crippen LogP contribution is 2.27. The number of carboxylic acid groups (broad SMARTS) is 1. The molecular weight excluding hydrogens is 242 g/mol. The van der Waals surface area contributed by atoms with Crippen LogP contribution in [0.3, 0.4) is 0 Å². The van der Waals surface area contributed by atoms with Gasteiger partial charge in [-0.1, -0.05) is 20.8 Å². The minimum Gasteiger partial charge on any atom is -0.481 e. The maximum absolute atomic E-state index is 10.9. The Morgan fingerprint density at radius 1 is 1.42 bits per heavy atom. The Labute approximate surface area is 113 Å². The van der Waals surface area contributed by atoms with Crippen molar-refractivity contribution < 1.29 is 9.90 Å². The van der Waals surface area contributed by atoms with E-state index in [2.05, 4.69) is 35.9 Å². The van der Waals surface area contributed by atoms with E-state index in [1.165, 1.54) is 0 Å². The molecule has 0 bridgehead atoms. The van der Waals surface area contributed by atoms with Crippen LogP contribution in [0.15, 0.2) is 12.1 Å². The molecule has 1 N–H and O–H groups in total. The third-order valence-electron chi connectivity index (χ3n) is 3.50. The van der Waals surface area contributed by atoms with E-state index in [9.17, 15) is 4.79 Å². The molecule has 0 aliphatic carbocycles. The second-order valence-electron chi connectivity index (χ2n) is 6.11. The van der Waals surface area contributed by atoms with Crippen LogP contribution >= 0.6 is 0 Å². The van der Waals surface area contributed by atoms with Gasteiger partial charge in [0.15, 0.2) is 5.82 Å². The molecule has 2 heterocycles. The first kappa shape index (κ1) is 13.8. The largest absolute Gasteiger partial charge is 0.481 e. The molecule has 0 spiro atoms. The molecule has 1 aromatic rings. The van der Waals surface area contributed by atoms with Gasteiger partial charge in [0.05, 0.1) is 12.1 Å². The van der Waals surface area contributed by atoms with Crippen molar-refractivity contribution in [2.45, 2.75) is 51.5 Å². The highest BCUT2D eigenvalue weighted by Gasteiger charge is 2.28. The van der Waals surface area contributed by atoms with Crippen molar-refractivity contribution in [3.8, 4) is 0 Å². The highest BCUT2D eigenvalue weighted by atomic mass is 16.4. The van der Waals surface area contributed by atoms with Crippen molar-refractivity contribution >= 4 is 11.8 Å². The first-order valence-electron chi connectivity index (χ1n) is 6.70. The number of hydrogen-bond acceptors (Lipinski definition) is 4. The van der Waals surface area contributed by atoms with E-state index in [4.69, 9.17) is 5.11 Å². The van der Waals surface area contributed by atoms with Gasteiger partial charge >= 0.3 is 5.97 Å². The molecule has 19 heavy (non-hydrogen) atoms. The van der Waals surface area contributed by atoms with E-state index in [0.717, 1.165) is 30.9 Å². The number of anilines is 1. The zero-order valence-corrected chi connectivity index (χ0v) is 11.8. The summed E-state index contributed by atoms with van der Waals surface area (Å²) in [6.07, 6.45) is 2.10. The number of aromatic nitrogens is 2. The summed E-state index contributed by atoms with van der Waals surface area (Å²) < 4.78 is 0. The summed E-state index contributed by atoms with van der Waals surface area (Å²) in [5, 5.41) is 17.5. The van der Waals surface area contributed by atoms with Gasteiger partial charge in [0.2, 0.25) is 0 Å². The fraction of sp³-hybridized carbons (Fsp3) is 0.643. The van der Waals surface area contributed by atoms with Crippen LogP contribution in [0.5, 0.6) is 0 Å². The number of carbonyl (C=O) groups is 1. The molecule has 5 heteroatoms. The zero-order valence-electron chi connectivity index (χ0n) is 11.8. The van der Waals surface area contributed by atoms with Crippen molar-refractivity contribution in [2.75, 3.05) is 11.4 Å². The summed E-state index contributed by atoms with van der Waals surface area (Å²) >= 11 is 0. The highest BCUT2D eigenvalue weighted by molar-refractivity contribution is 5.68. The van der Waals surface area contributed by atoms with Gasteiger partial charge in [-0.2, -0.15) is 5.10 Å². The first-order chi connectivity index (χ1) is 8.88. The minimum absolute atomic E-state index is 0.0169. The molecule has 104 valence electrons. The topological polar surface area (TPSA) is 66.3 Å². The van der Waals surface area contributed by atoms with Gasteiger partial charge in [-0.15, -0.1) is 5.10 Å². The number of aliphatic carboxylic acids is 1. The summed E-state index contributed by atoms with van der Waals surface area (Å²) in [7, 11) is 0. The van der Waals surface area contributed by atoms with Crippen LogP contribution in [0.4, 0.5) is 5.82 Å². The van der Waals surface area contributed by atoms with Gasteiger partial charge in [0.1, 0.15) is 0 Å². The molecule has 1 fully saturated rings. The Kier molecular flexibility index (Phi) is 3.73. The predicted molar refractivity (Wildman–Crippen MR) is 73.4 cm³/mol. The maximum Gasteiger partial charge on any atom is 0.305 e. The van der Waals surface area contributed by atoms with E-state index in [-0.39, 0.29) is 17.9 Å². The van der Waals surface area contributed by atoms with Crippen molar-refractivity contribution in [2.24, 2.45) is 0 Å². The van der Waals surface area contributed by atoms with Gasteiger partial charge in [-0.25, -0.2) is 0 Å². The lowest BCUT2D eigenvalue weighted by Crippen LogP contribution is -2.32. The smallest absolute Gasteiger partial charge is 0.305 e. The fourth-order valence-electron chi connectivity index (χ4n) is 2.43. The molecule has 1 unspecified atom stereocenters. The van der Waals surface area contributed by atoms with E-state index in [1.54, 1.807) is 0 Å². The average molecular weight is 263 g/mol. The summed E-state index contributed by atoms with van der Waals surface area (Å²) in [5.41, 5.74) is 0.932. The third-order valence-corrected chi connectivity index (χ3v) is 3.50. The molecule has 1 aliphatic heterocycles. The molecule has 2 rings (SSSR count). The lowest BCUT2D eigenvalue weighted by atomic mass is 9.92. The number of carboxylic acids is 1. The van der Waals surface area contributed by atoms with Crippen molar-refractivity contribution in [1.82, 2.24) is 10.2 Å². The summed E-state index contributed by atoms with van der Waals surface area (Å²) in [5.74, 6) is 0.0351. The van der Waals surface area contributed by atoms with Crippen LogP contribution in [0, 0.1) is 0 Å². The number of hydrogen-bond donors (Lipinski definition) is 1. The van der Waals surface area contributed by atoms with E-state index in [1.807, 2.05) is 12.1 Å².